The first-order chi connectivity index (χ1) is 12.0. The highest BCUT2D eigenvalue weighted by molar-refractivity contribution is 5.76. The van der Waals surface area contributed by atoms with Gasteiger partial charge in [0.15, 0.2) is 5.76 Å². The predicted molar refractivity (Wildman–Crippen MR) is 89.6 cm³/mol. The van der Waals surface area contributed by atoms with E-state index in [0.717, 1.165) is 17.2 Å². The molecule has 0 radical (unpaired) electrons. The van der Waals surface area contributed by atoms with Gasteiger partial charge in [-0.2, -0.15) is 0 Å². The molecule has 3 heterocycles. The van der Waals surface area contributed by atoms with Crippen LogP contribution in [0.5, 0.6) is 0 Å². The maximum atomic E-state index is 13.9. The third-order valence-electron chi connectivity index (χ3n) is 4.59. The fourth-order valence-electron chi connectivity index (χ4n) is 3.29. The Morgan fingerprint density at radius 3 is 3.00 bits per heavy atom. The van der Waals surface area contributed by atoms with Crippen molar-refractivity contribution in [1.29, 1.82) is 0 Å². The summed E-state index contributed by atoms with van der Waals surface area (Å²) in [4.78, 5) is 16.0. The minimum Gasteiger partial charge on any atom is -0.469 e. The number of halogens is 1. The van der Waals surface area contributed by atoms with Gasteiger partial charge in [-0.15, -0.1) is 0 Å². The van der Waals surface area contributed by atoms with Crippen LogP contribution in [0.4, 0.5) is 4.39 Å². The van der Waals surface area contributed by atoms with Crippen LogP contribution in [0.3, 0.4) is 0 Å². The van der Waals surface area contributed by atoms with Gasteiger partial charge in [-0.3, -0.25) is 9.69 Å². The van der Waals surface area contributed by atoms with Crippen LogP contribution in [0.2, 0.25) is 0 Å². The molecule has 1 aliphatic rings. The number of rotatable bonds is 7. The van der Waals surface area contributed by atoms with E-state index < -0.39 is 6.17 Å². The average molecular weight is 349 g/mol. The first-order valence-corrected chi connectivity index (χ1v) is 8.58. The highest BCUT2D eigenvalue weighted by atomic mass is 19.1. The SMILES string of the molecule is Cc1cc(CN2C[C@@H](F)C[C@H]2CN(C)C(=O)CCc2ccco2)on1. The normalized spacial score (nSPS) is 20.9. The van der Waals surface area contributed by atoms with Crippen molar-refractivity contribution in [2.24, 2.45) is 0 Å². The number of furan rings is 1. The first kappa shape index (κ1) is 17.7. The van der Waals surface area contributed by atoms with Gasteiger partial charge >= 0.3 is 0 Å². The standard InChI is InChI=1S/C18H24FN3O3/c1-13-8-17(25-20-13)12-22-10-14(19)9-15(22)11-21(2)18(23)6-5-16-4-3-7-24-16/h3-4,7-8,14-15H,5-6,9-12H2,1-2H3/t14-,15-/m0/s1. The zero-order valence-corrected chi connectivity index (χ0v) is 14.7. The van der Waals surface area contributed by atoms with Crippen molar-refractivity contribution in [3.63, 3.8) is 0 Å². The van der Waals surface area contributed by atoms with Crippen LogP contribution in [0.15, 0.2) is 33.4 Å². The number of carbonyl (C=O) groups excluding carboxylic acids is 1. The van der Waals surface area contributed by atoms with Gasteiger partial charge in [0, 0.05) is 45.1 Å². The molecule has 0 bridgehead atoms. The van der Waals surface area contributed by atoms with Gasteiger partial charge < -0.3 is 13.8 Å². The van der Waals surface area contributed by atoms with E-state index >= 15 is 0 Å². The number of hydrogen-bond donors (Lipinski definition) is 0. The monoisotopic (exact) mass is 349 g/mol. The third-order valence-corrected chi connectivity index (χ3v) is 4.59. The topological polar surface area (TPSA) is 62.7 Å². The molecule has 2 aromatic rings. The molecule has 2 atom stereocenters. The fraction of sp³-hybridized carbons (Fsp3) is 0.556. The van der Waals surface area contributed by atoms with E-state index in [9.17, 15) is 9.18 Å². The van der Waals surface area contributed by atoms with Crippen LogP contribution >= 0.6 is 0 Å². The van der Waals surface area contributed by atoms with Gasteiger partial charge in [-0.05, 0) is 25.5 Å². The molecule has 3 rings (SSSR count). The average Bonchev–Trinajstić information content (AvgIpc) is 3.29. The number of aryl methyl sites for hydroxylation is 2. The first-order valence-electron chi connectivity index (χ1n) is 8.58. The van der Waals surface area contributed by atoms with Crippen molar-refractivity contribution in [1.82, 2.24) is 15.0 Å². The Labute approximate surface area is 146 Å². The summed E-state index contributed by atoms with van der Waals surface area (Å²) in [6.07, 6.45) is 2.13. The molecule has 0 aliphatic carbocycles. The van der Waals surface area contributed by atoms with E-state index in [0.29, 0.717) is 38.9 Å². The lowest BCUT2D eigenvalue weighted by Crippen LogP contribution is -2.41. The second-order valence-electron chi connectivity index (χ2n) is 6.70. The molecule has 1 amide bonds. The number of alkyl halides is 1. The summed E-state index contributed by atoms with van der Waals surface area (Å²) in [7, 11) is 1.77. The minimum absolute atomic E-state index is 0.0158. The maximum Gasteiger partial charge on any atom is 0.222 e. The van der Waals surface area contributed by atoms with Crippen LogP contribution in [-0.4, -0.2) is 53.2 Å². The number of hydrogen-bond acceptors (Lipinski definition) is 5. The molecule has 6 nitrogen and oxygen atoms in total. The fourth-order valence-corrected chi connectivity index (χ4v) is 3.29. The van der Waals surface area contributed by atoms with Crippen LogP contribution in [0.1, 0.15) is 30.1 Å². The summed E-state index contributed by atoms with van der Waals surface area (Å²) in [5.74, 6) is 1.56. The lowest BCUT2D eigenvalue weighted by Gasteiger charge is -2.27. The second-order valence-corrected chi connectivity index (χ2v) is 6.70. The summed E-state index contributed by atoms with van der Waals surface area (Å²) in [5.41, 5.74) is 0.813. The van der Waals surface area contributed by atoms with Crippen molar-refractivity contribution in [2.75, 3.05) is 20.1 Å². The predicted octanol–water partition coefficient (Wildman–Crippen LogP) is 2.58. The molecule has 0 aromatic carbocycles. The molecule has 1 aliphatic heterocycles. The molecule has 2 aromatic heterocycles. The lowest BCUT2D eigenvalue weighted by molar-refractivity contribution is -0.130. The Morgan fingerprint density at radius 2 is 2.32 bits per heavy atom. The Bertz CT molecular complexity index is 686. The Kier molecular flexibility index (Phi) is 5.53. The summed E-state index contributed by atoms with van der Waals surface area (Å²) in [5, 5.41) is 3.87. The van der Waals surface area contributed by atoms with Gasteiger partial charge in [0.1, 0.15) is 11.9 Å². The van der Waals surface area contributed by atoms with Gasteiger partial charge in [-0.1, -0.05) is 5.16 Å². The molecule has 0 spiro atoms. The molecule has 1 saturated heterocycles. The highest BCUT2D eigenvalue weighted by Gasteiger charge is 2.34. The van der Waals surface area contributed by atoms with E-state index in [-0.39, 0.29) is 11.9 Å². The van der Waals surface area contributed by atoms with Crippen LogP contribution < -0.4 is 0 Å². The summed E-state index contributed by atoms with van der Waals surface area (Å²) < 4.78 is 24.4. The molecule has 25 heavy (non-hydrogen) atoms. The minimum atomic E-state index is -0.874. The Morgan fingerprint density at radius 1 is 1.48 bits per heavy atom. The summed E-state index contributed by atoms with van der Waals surface area (Å²) in [6, 6.07) is 5.52. The largest absolute Gasteiger partial charge is 0.469 e. The van der Waals surface area contributed by atoms with Crippen molar-refractivity contribution in [3.05, 3.63) is 41.7 Å². The molecule has 0 saturated carbocycles. The smallest absolute Gasteiger partial charge is 0.222 e. The Hall–Kier alpha value is -2.15. The number of likely N-dealkylation sites (tertiary alicyclic amines) is 1. The zero-order valence-electron chi connectivity index (χ0n) is 14.7. The van der Waals surface area contributed by atoms with Crippen molar-refractivity contribution in [3.8, 4) is 0 Å². The van der Waals surface area contributed by atoms with Crippen LogP contribution in [0.25, 0.3) is 0 Å². The van der Waals surface area contributed by atoms with E-state index in [1.807, 2.05) is 30.0 Å². The molecule has 7 heteroatoms. The van der Waals surface area contributed by atoms with Crippen LogP contribution in [0, 0.1) is 6.92 Å². The molecular formula is C18H24FN3O3. The number of aromatic nitrogens is 1. The number of carbonyl (C=O) groups is 1. The third kappa shape index (κ3) is 4.69. The molecule has 1 fully saturated rings. The van der Waals surface area contributed by atoms with E-state index in [1.54, 1.807) is 18.2 Å². The summed E-state index contributed by atoms with van der Waals surface area (Å²) >= 11 is 0. The zero-order chi connectivity index (χ0) is 17.8. The molecule has 136 valence electrons. The Balaban J connectivity index is 1.52. The van der Waals surface area contributed by atoms with Crippen molar-refractivity contribution in [2.45, 2.75) is 44.9 Å². The lowest BCUT2D eigenvalue weighted by atomic mass is 10.1. The van der Waals surface area contributed by atoms with Crippen molar-refractivity contribution >= 4 is 5.91 Å². The molecule has 0 unspecified atom stereocenters. The van der Waals surface area contributed by atoms with Gasteiger partial charge in [0.25, 0.3) is 0 Å². The summed E-state index contributed by atoms with van der Waals surface area (Å²) in [6.45, 7) is 3.24. The van der Waals surface area contributed by atoms with E-state index in [4.69, 9.17) is 8.94 Å². The van der Waals surface area contributed by atoms with Crippen molar-refractivity contribution < 1.29 is 18.1 Å². The van der Waals surface area contributed by atoms with E-state index in [1.165, 1.54) is 0 Å². The number of amides is 1. The maximum absolute atomic E-state index is 13.9. The van der Waals surface area contributed by atoms with E-state index in [2.05, 4.69) is 5.16 Å². The van der Waals surface area contributed by atoms with Crippen LogP contribution in [-0.2, 0) is 17.8 Å². The van der Waals surface area contributed by atoms with Gasteiger partial charge in [0.2, 0.25) is 5.91 Å². The molecule has 0 N–H and O–H groups in total. The second kappa shape index (κ2) is 7.82. The quantitative estimate of drug-likeness (QED) is 0.769. The number of nitrogens with zero attached hydrogens (tertiary/aromatic N) is 3. The van der Waals surface area contributed by atoms with Gasteiger partial charge in [0.05, 0.1) is 18.5 Å². The highest BCUT2D eigenvalue weighted by Crippen LogP contribution is 2.24. The van der Waals surface area contributed by atoms with Gasteiger partial charge in [-0.25, -0.2) is 4.39 Å². The number of likely N-dealkylation sites (N-methyl/N-ethyl adjacent to an activating group) is 1. The molecular weight excluding hydrogens is 325 g/mol.